The van der Waals surface area contributed by atoms with Crippen LogP contribution in [0.25, 0.3) is 0 Å². The molecule has 1 aliphatic rings. The summed E-state index contributed by atoms with van der Waals surface area (Å²) in [7, 11) is 0. The fraction of sp³-hybridized carbons (Fsp3) is 0.455. The molecule has 1 aliphatic heterocycles. The first-order valence-electron chi connectivity index (χ1n) is 5.84. The number of carbonyl (C=O) groups excluding carboxylic acids is 2. The minimum absolute atomic E-state index is 0.0424. The molecule has 21 heavy (non-hydrogen) atoms. The van der Waals surface area contributed by atoms with E-state index in [0.29, 0.717) is 0 Å². The number of esters is 1. The second kappa shape index (κ2) is 6.33. The number of H-pyrrole nitrogens is 1. The molecule has 1 saturated heterocycles. The molecule has 0 spiro atoms. The molecule has 0 aliphatic carbocycles. The molecule has 10 heteroatoms. The average Bonchev–Trinajstić information content (AvgIpc) is 2.73. The number of hydrogen-bond donors (Lipinski definition) is 2. The highest BCUT2D eigenvalue weighted by Crippen LogP contribution is 2.25. The predicted octanol–water partition coefficient (Wildman–Crippen LogP) is -1.70. The summed E-state index contributed by atoms with van der Waals surface area (Å²) in [5.74, 6) is -1.30. The van der Waals surface area contributed by atoms with Crippen molar-refractivity contribution in [3.05, 3.63) is 33.1 Å². The second-order valence-corrected chi connectivity index (χ2v) is 4.76. The second-order valence-electron chi connectivity index (χ2n) is 4.20. The fourth-order valence-corrected chi connectivity index (χ4v) is 1.98. The van der Waals surface area contributed by atoms with Gasteiger partial charge in [-0.2, -0.15) is 0 Å². The summed E-state index contributed by atoms with van der Waals surface area (Å²) in [6.07, 6.45) is -2.95. The van der Waals surface area contributed by atoms with Crippen molar-refractivity contribution in [1.82, 2.24) is 9.55 Å². The zero-order valence-electron chi connectivity index (χ0n) is 10.5. The number of aliphatic hydroxyl groups is 1. The lowest BCUT2D eigenvalue weighted by atomic mass is 10.2. The number of nitrogens with one attached hydrogen (secondary N) is 1. The molecule has 0 unspecified atom stereocenters. The van der Waals surface area contributed by atoms with Crippen molar-refractivity contribution in [3.63, 3.8) is 0 Å². The highest BCUT2D eigenvalue weighted by molar-refractivity contribution is 9.09. The van der Waals surface area contributed by atoms with Crippen molar-refractivity contribution in [1.29, 1.82) is 0 Å². The van der Waals surface area contributed by atoms with Crippen LogP contribution in [-0.2, 0) is 19.1 Å². The van der Waals surface area contributed by atoms with E-state index in [1.807, 2.05) is 4.98 Å². The molecule has 114 valence electrons. The first-order valence-corrected chi connectivity index (χ1v) is 6.96. The number of alkyl halides is 1. The number of Topliss-reactive ketones (excluding diaryl/α,β-unsaturated/α-hetero) is 1. The standard InChI is InChI=1S/C11H11BrN2O7/c12-3-7(16)20-4-5-8(17)9(18)10(21-5)14-2-1-6(15)13-11(14)19/h1-2,5,9-10,18H,3-4H2,(H,13,15,19)/t5-,9-,10-/m1/s1. The lowest BCUT2D eigenvalue weighted by Crippen LogP contribution is -2.36. The maximum atomic E-state index is 11.8. The highest BCUT2D eigenvalue weighted by atomic mass is 79.9. The number of hydrogen-bond acceptors (Lipinski definition) is 7. The molecule has 1 fully saturated rings. The van der Waals surface area contributed by atoms with Crippen LogP contribution in [-0.4, -0.2) is 50.6 Å². The number of aromatic nitrogens is 2. The molecular formula is C11H11BrN2O7. The molecule has 0 saturated carbocycles. The van der Waals surface area contributed by atoms with E-state index in [0.717, 1.165) is 16.8 Å². The van der Waals surface area contributed by atoms with Gasteiger partial charge in [0, 0.05) is 12.3 Å². The summed E-state index contributed by atoms with van der Waals surface area (Å²) < 4.78 is 10.9. The summed E-state index contributed by atoms with van der Waals surface area (Å²) in [6, 6.07) is 1.06. The van der Waals surface area contributed by atoms with Crippen LogP contribution >= 0.6 is 15.9 Å². The largest absolute Gasteiger partial charge is 0.462 e. The predicted molar refractivity (Wildman–Crippen MR) is 71.0 cm³/mol. The van der Waals surface area contributed by atoms with E-state index in [4.69, 9.17) is 9.47 Å². The van der Waals surface area contributed by atoms with Crippen LogP contribution in [0.2, 0.25) is 0 Å². The van der Waals surface area contributed by atoms with Crippen molar-refractivity contribution in [2.75, 3.05) is 11.9 Å². The summed E-state index contributed by atoms with van der Waals surface area (Å²) in [5.41, 5.74) is -1.43. The van der Waals surface area contributed by atoms with Gasteiger partial charge in [0.1, 0.15) is 11.9 Å². The number of halogens is 1. The maximum absolute atomic E-state index is 11.8. The topological polar surface area (TPSA) is 128 Å². The third-order valence-electron chi connectivity index (χ3n) is 2.81. The summed E-state index contributed by atoms with van der Waals surface area (Å²) in [4.78, 5) is 47.4. The molecule has 0 amide bonds. The Morgan fingerprint density at radius 3 is 2.81 bits per heavy atom. The van der Waals surface area contributed by atoms with Crippen molar-refractivity contribution in [3.8, 4) is 0 Å². The van der Waals surface area contributed by atoms with Crippen molar-refractivity contribution >= 4 is 27.7 Å². The monoisotopic (exact) mass is 362 g/mol. The summed E-state index contributed by atoms with van der Waals surface area (Å²) >= 11 is 2.89. The molecular weight excluding hydrogens is 352 g/mol. The Morgan fingerprint density at radius 2 is 2.19 bits per heavy atom. The van der Waals surface area contributed by atoms with Gasteiger partial charge in [0.25, 0.3) is 5.56 Å². The van der Waals surface area contributed by atoms with E-state index in [1.54, 1.807) is 0 Å². The van der Waals surface area contributed by atoms with Crippen LogP contribution in [0, 0.1) is 0 Å². The van der Waals surface area contributed by atoms with E-state index in [2.05, 4.69) is 15.9 Å². The average molecular weight is 363 g/mol. The first-order chi connectivity index (χ1) is 9.93. The Hall–Kier alpha value is -1.78. The van der Waals surface area contributed by atoms with Crippen LogP contribution in [0.4, 0.5) is 0 Å². The summed E-state index contributed by atoms with van der Waals surface area (Å²) in [6.45, 7) is -0.366. The maximum Gasteiger partial charge on any atom is 0.330 e. The molecule has 1 aromatic heterocycles. The molecule has 2 heterocycles. The molecule has 9 nitrogen and oxygen atoms in total. The van der Waals surface area contributed by atoms with Gasteiger partial charge in [-0.25, -0.2) is 4.79 Å². The highest BCUT2D eigenvalue weighted by Gasteiger charge is 2.44. The quantitative estimate of drug-likeness (QED) is 0.482. The zero-order valence-corrected chi connectivity index (χ0v) is 12.1. The SMILES string of the molecule is O=C(CBr)OC[C@H]1O[C@@H](n2ccc(=O)[nH]c2=O)[C@H](O)C1=O. The number of nitrogens with zero attached hydrogens (tertiary/aromatic N) is 1. The van der Waals surface area contributed by atoms with Gasteiger partial charge in [0.15, 0.2) is 24.2 Å². The van der Waals surface area contributed by atoms with Gasteiger partial charge in [-0.3, -0.25) is 23.9 Å². The third-order valence-corrected chi connectivity index (χ3v) is 3.27. The molecule has 0 bridgehead atoms. The molecule has 2 N–H and O–H groups in total. The van der Waals surface area contributed by atoms with Gasteiger partial charge in [-0.1, -0.05) is 15.9 Å². The number of ether oxygens (including phenoxy) is 2. The number of carbonyl (C=O) groups is 2. The van der Waals surface area contributed by atoms with E-state index < -0.39 is 41.4 Å². The van der Waals surface area contributed by atoms with Crippen molar-refractivity contribution < 1.29 is 24.2 Å². The zero-order chi connectivity index (χ0) is 15.6. The van der Waals surface area contributed by atoms with Gasteiger partial charge < -0.3 is 14.6 Å². The van der Waals surface area contributed by atoms with Crippen LogP contribution in [0.5, 0.6) is 0 Å². The molecule has 2 rings (SSSR count). The molecule has 1 aromatic rings. The van der Waals surface area contributed by atoms with Crippen LogP contribution in [0.3, 0.4) is 0 Å². The normalized spacial score (nSPS) is 25.0. The van der Waals surface area contributed by atoms with Crippen LogP contribution in [0.1, 0.15) is 6.23 Å². The van der Waals surface area contributed by atoms with Gasteiger partial charge >= 0.3 is 11.7 Å². The molecule has 0 aromatic carbocycles. The van der Waals surface area contributed by atoms with Gasteiger partial charge in [0.05, 0.1) is 0 Å². The first kappa shape index (κ1) is 15.6. The van der Waals surface area contributed by atoms with Gasteiger partial charge in [-0.05, 0) is 0 Å². The lowest BCUT2D eigenvalue weighted by Gasteiger charge is -2.15. The van der Waals surface area contributed by atoms with Crippen LogP contribution in [0.15, 0.2) is 21.9 Å². The fourth-order valence-electron chi connectivity index (χ4n) is 1.81. The lowest BCUT2D eigenvalue weighted by molar-refractivity contribution is -0.146. The smallest absolute Gasteiger partial charge is 0.330 e. The Labute approximate surface area is 125 Å². The van der Waals surface area contributed by atoms with Crippen molar-refractivity contribution in [2.45, 2.75) is 18.4 Å². The van der Waals surface area contributed by atoms with E-state index in [9.17, 15) is 24.3 Å². The van der Waals surface area contributed by atoms with Crippen molar-refractivity contribution in [2.24, 2.45) is 0 Å². The van der Waals surface area contributed by atoms with E-state index in [1.165, 1.54) is 0 Å². The van der Waals surface area contributed by atoms with E-state index >= 15 is 0 Å². The Kier molecular flexibility index (Phi) is 4.70. The Morgan fingerprint density at radius 1 is 1.48 bits per heavy atom. The third kappa shape index (κ3) is 3.28. The number of ketones is 1. The van der Waals surface area contributed by atoms with Gasteiger partial charge in [0.2, 0.25) is 0 Å². The Bertz CT molecular complexity index is 667. The van der Waals surface area contributed by atoms with Gasteiger partial charge in [-0.15, -0.1) is 0 Å². The Balaban J connectivity index is 2.16. The number of aliphatic hydroxyl groups excluding tert-OH is 1. The minimum Gasteiger partial charge on any atom is -0.462 e. The summed E-state index contributed by atoms with van der Waals surface area (Å²) in [5, 5.41) is 9.78. The molecule has 0 radical (unpaired) electrons. The number of rotatable bonds is 4. The minimum atomic E-state index is -1.60. The number of aromatic amines is 1. The van der Waals surface area contributed by atoms with E-state index in [-0.39, 0.29) is 11.9 Å². The van der Waals surface area contributed by atoms with Crippen LogP contribution < -0.4 is 11.2 Å². The molecule has 3 atom stereocenters.